The molecule has 0 aliphatic heterocycles. The number of hydrogen-bond donors (Lipinski definition) is 2. The van der Waals surface area contributed by atoms with Gasteiger partial charge in [-0.25, -0.2) is 0 Å². The summed E-state index contributed by atoms with van der Waals surface area (Å²) in [5.74, 6) is 0.0963. The molecule has 0 aliphatic rings. The number of nitrogens with two attached hydrogens (primary N) is 1. The van der Waals surface area contributed by atoms with Crippen molar-refractivity contribution in [1.82, 2.24) is 10.3 Å². The lowest BCUT2D eigenvalue weighted by Gasteiger charge is -2.32. The second-order valence-corrected chi connectivity index (χ2v) is 6.12. The monoisotopic (exact) mass is 277 g/mol. The molecule has 1 rings (SSSR count). The molecule has 0 bridgehead atoms. The normalized spacial score (nSPS) is 14.5. The van der Waals surface area contributed by atoms with E-state index in [0.717, 1.165) is 18.7 Å². The van der Waals surface area contributed by atoms with Gasteiger partial charge in [0.2, 0.25) is 5.91 Å². The Balaban J connectivity index is 3.05. The second kappa shape index (κ2) is 7.39. The molecule has 0 saturated heterocycles. The Kier molecular flexibility index (Phi) is 6.14. The minimum absolute atomic E-state index is 0.282. The van der Waals surface area contributed by atoms with Crippen LogP contribution in [0, 0.1) is 5.92 Å². The first-order valence-electron chi connectivity index (χ1n) is 7.33. The third-order valence-corrected chi connectivity index (χ3v) is 3.49. The summed E-state index contributed by atoms with van der Waals surface area (Å²) in [6, 6.07) is 6.07. The van der Waals surface area contributed by atoms with E-state index in [0.29, 0.717) is 18.4 Å². The number of nitrogens with one attached hydrogen (secondary N) is 1. The topological polar surface area (TPSA) is 68.0 Å². The van der Waals surface area contributed by atoms with Gasteiger partial charge in [-0.2, -0.15) is 0 Å². The largest absolute Gasteiger partial charge is 0.369 e. The first-order valence-corrected chi connectivity index (χ1v) is 7.33. The SMILES string of the molecule is CC(C)CC(CCNC(C)C)(C(N)=O)c1ccccn1. The summed E-state index contributed by atoms with van der Waals surface area (Å²) in [4.78, 5) is 16.6. The minimum atomic E-state index is -0.683. The number of primary amides is 1. The van der Waals surface area contributed by atoms with Gasteiger partial charge in [-0.3, -0.25) is 9.78 Å². The molecule has 3 N–H and O–H groups in total. The molecule has 1 amide bonds. The Morgan fingerprint density at radius 3 is 2.50 bits per heavy atom. The van der Waals surface area contributed by atoms with E-state index >= 15 is 0 Å². The van der Waals surface area contributed by atoms with Crippen LogP contribution >= 0.6 is 0 Å². The van der Waals surface area contributed by atoms with Gasteiger partial charge in [0, 0.05) is 12.2 Å². The number of rotatable bonds is 8. The summed E-state index contributed by atoms with van der Waals surface area (Å²) in [5, 5.41) is 3.36. The first-order chi connectivity index (χ1) is 9.38. The van der Waals surface area contributed by atoms with Crippen LogP contribution in [0.25, 0.3) is 0 Å². The van der Waals surface area contributed by atoms with E-state index in [-0.39, 0.29) is 5.91 Å². The number of amides is 1. The summed E-state index contributed by atoms with van der Waals surface area (Å²) in [5.41, 5.74) is 5.86. The van der Waals surface area contributed by atoms with Crippen molar-refractivity contribution in [1.29, 1.82) is 0 Å². The molecule has 0 aromatic carbocycles. The number of carbonyl (C=O) groups is 1. The Morgan fingerprint density at radius 2 is 2.05 bits per heavy atom. The van der Waals surface area contributed by atoms with Crippen molar-refractivity contribution in [3.63, 3.8) is 0 Å². The molecule has 0 aliphatic carbocycles. The van der Waals surface area contributed by atoms with Gasteiger partial charge in [-0.05, 0) is 37.4 Å². The molecule has 4 nitrogen and oxygen atoms in total. The van der Waals surface area contributed by atoms with Crippen molar-refractivity contribution in [3.8, 4) is 0 Å². The quantitative estimate of drug-likeness (QED) is 0.765. The lowest BCUT2D eigenvalue weighted by molar-refractivity contribution is -0.124. The van der Waals surface area contributed by atoms with Crippen molar-refractivity contribution < 1.29 is 4.79 Å². The number of nitrogens with zero attached hydrogens (tertiary/aromatic N) is 1. The van der Waals surface area contributed by atoms with Crippen LogP contribution in [0.5, 0.6) is 0 Å². The molecule has 0 radical (unpaired) electrons. The maximum absolute atomic E-state index is 12.2. The summed E-state index contributed by atoms with van der Waals surface area (Å²) >= 11 is 0. The van der Waals surface area contributed by atoms with Gasteiger partial charge < -0.3 is 11.1 Å². The molecule has 112 valence electrons. The third kappa shape index (κ3) is 4.30. The molecule has 0 fully saturated rings. The van der Waals surface area contributed by atoms with Gasteiger partial charge in [0.25, 0.3) is 0 Å². The van der Waals surface area contributed by atoms with Crippen LogP contribution in [-0.4, -0.2) is 23.5 Å². The van der Waals surface area contributed by atoms with Crippen LogP contribution in [0.4, 0.5) is 0 Å². The zero-order valence-corrected chi connectivity index (χ0v) is 13.0. The maximum atomic E-state index is 12.2. The highest BCUT2D eigenvalue weighted by Gasteiger charge is 2.39. The third-order valence-electron chi connectivity index (χ3n) is 3.49. The Labute approximate surface area is 122 Å². The fourth-order valence-electron chi connectivity index (χ4n) is 2.60. The lowest BCUT2D eigenvalue weighted by Crippen LogP contribution is -2.45. The van der Waals surface area contributed by atoms with Crippen molar-refractivity contribution >= 4 is 5.91 Å². The molecule has 1 heterocycles. The van der Waals surface area contributed by atoms with E-state index in [4.69, 9.17) is 5.73 Å². The first kappa shape index (κ1) is 16.6. The van der Waals surface area contributed by atoms with E-state index in [1.54, 1.807) is 6.20 Å². The minimum Gasteiger partial charge on any atom is -0.369 e. The van der Waals surface area contributed by atoms with Crippen molar-refractivity contribution in [2.45, 2.75) is 52.0 Å². The van der Waals surface area contributed by atoms with E-state index in [2.05, 4.69) is 38.0 Å². The number of hydrogen-bond acceptors (Lipinski definition) is 3. The van der Waals surface area contributed by atoms with E-state index in [1.807, 2.05) is 18.2 Å². The molecular formula is C16H27N3O. The summed E-state index contributed by atoms with van der Waals surface area (Å²) in [6.45, 7) is 9.15. The predicted octanol–water partition coefficient (Wildman–Crippen LogP) is 2.24. The second-order valence-electron chi connectivity index (χ2n) is 6.12. The molecule has 20 heavy (non-hydrogen) atoms. The molecule has 1 aromatic rings. The highest BCUT2D eigenvalue weighted by atomic mass is 16.1. The zero-order valence-electron chi connectivity index (χ0n) is 13.0. The average Bonchev–Trinajstić information content (AvgIpc) is 2.37. The fourth-order valence-corrected chi connectivity index (χ4v) is 2.60. The summed E-state index contributed by atoms with van der Waals surface area (Å²) < 4.78 is 0. The number of pyridine rings is 1. The van der Waals surface area contributed by atoms with Gasteiger partial charge in [0.15, 0.2) is 0 Å². The van der Waals surface area contributed by atoms with Gasteiger partial charge in [0.05, 0.1) is 11.1 Å². The molecule has 0 spiro atoms. The van der Waals surface area contributed by atoms with Crippen molar-refractivity contribution in [3.05, 3.63) is 30.1 Å². The molecule has 1 aromatic heterocycles. The summed E-state index contributed by atoms with van der Waals surface area (Å²) in [6.07, 6.45) is 3.12. The number of aromatic nitrogens is 1. The highest BCUT2D eigenvalue weighted by molar-refractivity contribution is 5.86. The average molecular weight is 277 g/mol. The standard InChI is InChI=1S/C16H27N3O/c1-12(2)11-16(15(17)20,8-10-18-13(3)4)14-7-5-6-9-19-14/h5-7,9,12-13,18H,8,10-11H2,1-4H3,(H2,17,20). The Bertz CT molecular complexity index is 417. The van der Waals surface area contributed by atoms with Crippen LogP contribution in [0.15, 0.2) is 24.4 Å². The van der Waals surface area contributed by atoms with E-state index < -0.39 is 5.41 Å². The molecule has 0 saturated carbocycles. The predicted molar refractivity (Wildman–Crippen MR) is 82.3 cm³/mol. The lowest BCUT2D eigenvalue weighted by atomic mass is 9.73. The summed E-state index contributed by atoms with van der Waals surface area (Å²) in [7, 11) is 0. The van der Waals surface area contributed by atoms with Crippen LogP contribution in [-0.2, 0) is 10.2 Å². The van der Waals surface area contributed by atoms with Gasteiger partial charge in [-0.1, -0.05) is 33.8 Å². The molecule has 1 unspecified atom stereocenters. The van der Waals surface area contributed by atoms with Gasteiger partial charge in [0.1, 0.15) is 0 Å². The zero-order chi connectivity index (χ0) is 15.2. The number of carbonyl (C=O) groups excluding carboxylic acids is 1. The van der Waals surface area contributed by atoms with E-state index in [1.165, 1.54) is 0 Å². The van der Waals surface area contributed by atoms with Crippen LogP contribution < -0.4 is 11.1 Å². The van der Waals surface area contributed by atoms with Gasteiger partial charge in [-0.15, -0.1) is 0 Å². The molecule has 1 atom stereocenters. The maximum Gasteiger partial charge on any atom is 0.229 e. The molecular weight excluding hydrogens is 250 g/mol. The van der Waals surface area contributed by atoms with E-state index in [9.17, 15) is 4.79 Å². The van der Waals surface area contributed by atoms with Crippen molar-refractivity contribution in [2.24, 2.45) is 11.7 Å². The van der Waals surface area contributed by atoms with Crippen LogP contribution in [0.1, 0.15) is 46.2 Å². The highest BCUT2D eigenvalue weighted by Crippen LogP contribution is 2.33. The van der Waals surface area contributed by atoms with Crippen LogP contribution in [0.2, 0.25) is 0 Å². The smallest absolute Gasteiger partial charge is 0.229 e. The molecule has 4 heteroatoms. The Hall–Kier alpha value is -1.42. The Morgan fingerprint density at radius 1 is 1.35 bits per heavy atom. The van der Waals surface area contributed by atoms with Gasteiger partial charge >= 0.3 is 0 Å². The van der Waals surface area contributed by atoms with Crippen LogP contribution in [0.3, 0.4) is 0 Å². The van der Waals surface area contributed by atoms with Crippen molar-refractivity contribution in [2.75, 3.05) is 6.54 Å². The fraction of sp³-hybridized carbons (Fsp3) is 0.625.